The van der Waals surface area contributed by atoms with E-state index in [1.165, 1.54) is 45.2 Å². The molecule has 0 unspecified atom stereocenters. The molecule has 0 saturated heterocycles. The monoisotopic (exact) mass is 452 g/mol. The van der Waals surface area contributed by atoms with E-state index in [0.29, 0.717) is 5.75 Å². The zero-order valence-electron chi connectivity index (χ0n) is 17.0. The molecular weight excluding hydrogens is 430 g/mol. The molecule has 0 radical (unpaired) electrons. The first kappa shape index (κ1) is 24.8. The maximum atomic E-state index is 14.0. The fraction of sp³-hybridized carbons (Fsp3) is 0.429. The van der Waals surface area contributed by atoms with Gasteiger partial charge >= 0.3 is 12.4 Å². The predicted octanol–water partition coefficient (Wildman–Crippen LogP) is 5.22. The van der Waals surface area contributed by atoms with Gasteiger partial charge in [0.2, 0.25) is 0 Å². The zero-order valence-corrected chi connectivity index (χ0v) is 17.0. The standard InChI is InChI=1S/C21H22F6O4/c1-13-10-16(11-14(2)18(13)30-9-8-28)19(20(22,23)24,21(25,26)27)31-12-15-4-6-17(29-3)7-5-15/h4-7,10-11,28H,8-9,12H2,1-3H3. The number of hydrogen-bond acceptors (Lipinski definition) is 4. The topological polar surface area (TPSA) is 47.9 Å². The molecule has 0 fully saturated rings. The SMILES string of the molecule is COc1ccc(COC(c2cc(C)c(OCCO)c(C)c2)(C(F)(F)F)C(F)(F)F)cc1. The molecule has 4 nitrogen and oxygen atoms in total. The number of aryl methyl sites for hydroxylation is 2. The average molecular weight is 452 g/mol. The van der Waals surface area contributed by atoms with Crippen LogP contribution < -0.4 is 9.47 Å². The van der Waals surface area contributed by atoms with Gasteiger partial charge in [0.05, 0.1) is 20.3 Å². The van der Waals surface area contributed by atoms with E-state index in [4.69, 9.17) is 14.6 Å². The molecule has 0 atom stereocenters. The van der Waals surface area contributed by atoms with Gasteiger partial charge in [-0.3, -0.25) is 0 Å². The molecule has 0 heterocycles. The number of rotatable bonds is 8. The average Bonchev–Trinajstić information content (AvgIpc) is 2.66. The van der Waals surface area contributed by atoms with Crippen molar-refractivity contribution in [1.29, 1.82) is 0 Å². The van der Waals surface area contributed by atoms with E-state index in [2.05, 4.69) is 4.74 Å². The Balaban J connectivity index is 2.56. The molecule has 2 rings (SSSR count). The van der Waals surface area contributed by atoms with Gasteiger partial charge in [-0.05, 0) is 54.8 Å². The number of aliphatic hydroxyl groups excluding tert-OH is 1. The van der Waals surface area contributed by atoms with Crippen molar-refractivity contribution >= 4 is 0 Å². The first-order chi connectivity index (χ1) is 14.4. The number of ether oxygens (including phenoxy) is 3. The summed E-state index contributed by atoms with van der Waals surface area (Å²) < 4.78 is 98.9. The largest absolute Gasteiger partial charge is 0.497 e. The number of alkyl halides is 6. The van der Waals surface area contributed by atoms with Crippen LogP contribution in [0, 0.1) is 13.8 Å². The maximum Gasteiger partial charge on any atom is 0.430 e. The maximum absolute atomic E-state index is 14.0. The molecule has 31 heavy (non-hydrogen) atoms. The minimum absolute atomic E-state index is 0.0503. The summed E-state index contributed by atoms with van der Waals surface area (Å²) in [5.74, 6) is 0.498. The fourth-order valence-electron chi connectivity index (χ4n) is 3.18. The summed E-state index contributed by atoms with van der Waals surface area (Å²) >= 11 is 0. The van der Waals surface area contributed by atoms with Crippen LogP contribution in [-0.4, -0.2) is 37.8 Å². The van der Waals surface area contributed by atoms with Gasteiger partial charge in [0.25, 0.3) is 5.60 Å². The van der Waals surface area contributed by atoms with Crippen molar-refractivity contribution in [2.24, 2.45) is 0 Å². The summed E-state index contributed by atoms with van der Waals surface area (Å²) in [4.78, 5) is 0. The molecule has 1 N–H and O–H groups in total. The van der Waals surface area contributed by atoms with E-state index in [-0.39, 0.29) is 35.7 Å². The van der Waals surface area contributed by atoms with Crippen molar-refractivity contribution in [1.82, 2.24) is 0 Å². The highest BCUT2D eigenvalue weighted by Gasteiger charge is 2.73. The quantitative estimate of drug-likeness (QED) is 0.558. The Kier molecular flexibility index (Phi) is 7.48. The molecule has 172 valence electrons. The molecule has 0 aliphatic carbocycles. The van der Waals surface area contributed by atoms with E-state index in [0.717, 1.165) is 12.1 Å². The highest BCUT2D eigenvalue weighted by molar-refractivity contribution is 5.46. The first-order valence-electron chi connectivity index (χ1n) is 9.13. The number of hydrogen-bond donors (Lipinski definition) is 1. The molecule has 2 aromatic rings. The van der Waals surface area contributed by atoms with Crippen LogP contribution in [-0.2, 0) is 16.9 Å². The van der Waals surface area contributed by atoms with Crippen molar-refractivity contribution in [2.75, 3.05) is 20.3 Å². The van der Waals surface area contributed by atoms with Crippen molar-refractivity contribution < 1.29 is 45.7 Å². The molecule has 2 aromatic carbocycles. The van der Waals surface area contributed by atoms with Crippen LogP contribution in [0.1, 0.15) is 22.3 Å². The predicted molar refractivity (Wildman–Crippen MR) is 100 cm³/mol. The third-order valence-corrected chi connectivity index (χ3v) is 4.62. The van der Waals surface area contributed by atoms with Crippen LogP contribution >= 0.6 is 0 Å². The molecule has 0 spiro atoms. The molecule has 0 amide bonds. The molecule has 10 heteroatoms. The van der Waals surface area contributed by atoms with Gasteiger partial charge in [0.1, 0.15) is 18.1 Å². The lowest BCUT2D eigenvalue weighted by molar-refractivity contribution is -0.392. The summed E-state index contributed by atoms with van der Waals surface area (Å²) in [7, 11) is 1.38. The lowest BCUT2D eigenvalue weighted by Crippen LogP contribution is -2.56. The van der Waals surface area contributed by atoms with Crippen LogP contribution in [0.15, 0.2) is 36.4 Å². The van der Waals surface area contributed by atoms with Crippen molar-refractivity contribution in [3.8, 4) is 11.5 Å². The lowest BCUT2D eigenvalue weighted by Gasteiger charge is -2.38. The molecule has 0 aromatic heterocycles. The van der Waals surface area contributed by atoms with Crippen LogP contribution in [0.5, 0.6) is 11.5 Å². The van der Waals surface area contributed by atoms with E-state index < -0.39 is 30.1 Å². The van der Waals surface area contributed by atoms with Gasteiger partial charge < -0.3 is 19.3 Å². The van der Waals surface area contributed by atoms with Gasteiger partial charge in [-0.1, -0.05) is 12.1 Å². The van der Waals surface area contributed by atoms with Crippen LogP contribution in [0.25, 0.3) is 0 Å². The molecule has 0 aliphatic rings. The Morgan fingerprint density at radius 2 is 1.39 bits per heavy atom. The smallest absolute Gasteiger partial charge is 0.430 e. The second-order valence-corrected chi connectivity index (χ2v) is 6.82. The second-order valence-electron chi connectivity index (χ2n) is 6.82. The normalized spacial score (nSPS) is 12.7. The van der Waals surface area contributed by atoms with Crippen molar-refractivity contribution in [2.45, 2.75) is 38.4 Å². The summed E-state index contributed by atoms with van der Waals surface area (Å²) in [6.07, 6.45) is -11.6. The minimum Gasteiger partial charge on any atom is -0.497 e. The Labute approximate surface area is 175 Å². The molecule has 0 saturated carbocycles. The first-order valence-corrected chi connectivity index (χ1v) is 9.13. The van der Waals surface area contributed by atoms with Crippen molar-refractivity contribution in [3.63, 3.8) is 0 Å². The van der Waals surface area contributed by atoms with E-state index in [9.17, 15) is 26.3 Å². The number of methoxy groups -OCH3 is 1. The molecular formula is C21H22F6O4. The Hall–Kier alpha value is -2.46. The minimum atomic E-state index is -5.80. The van der Waals surface area contributed by atoms with Crippen LogP contribution in [0.4, 0.5) is 26.3 Å². The molecule has 0 bridgehead atoms. The van der Waals surface area contributed by atoms with Crippen LogP contribution in [0.2, 0.25) is 0 Å². The highest BCUT2D eigenvalue weighted by Crippen LogP contribution is 2.54. The van der Waals surface area contributed by atoms with Crippen LogP contribution in [0.3, 0.4) is 0 Å². The Morgan fingerprint density at radius 3 is 1.81 bits per heavy atom. The summed E-state index contributed by atoms with van der Waals surface area (Å²) in [5.41, 5.74) is -5.45. The summed E-state index contributed by atoms with van der Waals surface area (Å²) in [6, 6.07) is 6.94. The summed E-state index contributed by atoms with van der Waals surface area (Å²) in [5, 5.41) is 8.87. The Morgan fingerprint density at radius 1 is 0.871 bits per heavy atom. The van der Waals surface area contributed by atoms with Gasteiger partial charge in [0, 0.05) is 5.56 Å². The lowest BCUT2D eigenvalue weighted by atomic mass is 9.88. The third-order valence-electron chi connectivity index (χ3n) is 4.62. The number of benzene rings is 2. The Bertz CT molecular complexity index is 838. The number of aliphatic hydroxyl groups is 1. The zero-order chi connectivity index (χ0) is 23.4. The van der Waals surface area contributed by atoms with E-state index in [1.54, 1.807) is 0 Å². The third kappa shape index (κ3) is 5.07. The fourth-order valence-corrected chi connectivity index (χ4v) is 3.18. The van der Waals surface area contributed by atoms with E-state index >= 15 is 0 Å². The molecule has 0 aliphatic heterocycles. The van der Waals surface area contributed by atoms with Gasteiger partial charge in [0.15, 0.2) is 0 Å². The highest BCUT2D eigenvalue weighted by atomic mass is 19.4. The van der Waals surface area contributed by atoms with E-state index in [1.807, 2.05) is 0 Å². The van der Waals surface area contributed by atoms with Crippen molar-refractivity contribution in [3.05, 3.63) is 58.7 Å². The van der Waals surface area contributed by atoms with Gasteiger partial charge in [-0.15, -0.1) is 0 Å². The summed E-state index contributed by atoms with van der Waals surface area (Å²) in [6.45, 7) is 1.19. The second kappa shape index (κ2) is 9.35. The number of halogens is 6. The van der Waals surface area contributed by atoms with Gasteiger partial charge in [-0.2, -0.15) is 26.3 Å². The van der Waals surface area contributed by atoms with Gasteiger partial charge in [-0.25, -0.2) is 0 Å².